The van der Waals surface area contributed by atoms with E-state index in [1.807, 2.05) is 13.1 Å². The van der Waals surface area contributed by atoms with Crippen molar-refractivity contribution in [2.24, 2.45) is 0 Å². The highest BCUT2D eigenvalue weighted by Gasteiger charge is 2.17. The van der Waals surface area contributed by atoms with E-state index >= 15 is 0 Å². The second-order valence-corrected chi connectivity index (χ2v) is 4.35. The SMILES string of the molecule is CCn1cc(C(O)c2cc(Cl)ccc2OC)cn1. The van der Waals surface area contributed by atoms with Crippen molar-refractivity contribution >= 4 is 11.6 Å². The summed E-state index contributed by atoms with van der Waals surface area (Å²) in [6.07, 6.45) is 2.67. The van der Waals surface area contributed by atoms with Crippen LogP contribution in [0.15, 0.2) is 30.6 Å². The fourth-order valence-electron chi connectivity index (χ4n) is 1.79. The molecule has 0 amide bonds. The highest BCUT2D eigenvalue weighted by molar-refractivity contribution is 6.30. The maximum Gasteiger partial charge on any atom is 0.125 e. The lowest BCUT2D eigenvalue weighted by Gasteiger charge is -2.13. The third-order valence-corrected chi connectivity index (χ3v) is 3.01. The first-order valence-electron chi connectivity index (χ1n) is 5.69. The van der Waals surface area contributed by atoms with Crippen LogP contribution in [-0.4, -0.2) is 22.0 Å². The van der Waals surface area contributed by atoms with Gasteiger partial charge in [-0.1, -0.05) is 11.6 Å². The van der Waals surface area contributed by atoms with Gasteiger partial charge in [-0.05, 0) is 25.1 Å². The van der Waals surface area contributed by atoms with Crippen molar-refractivity contribution in [2.45, 2.75) is 19.6 Å². The Hall–Kier alpha value is -1.52. The normalized spacial score (nSPS) is 12.4. The van der Waals surface area contributed by atoms with E-state index in [9.17, 15) is 5.11 Å². The van der Waals surface area contributed by atoms with Crippen LogP contribution in [-0.2, 0) is 6.54 Å². The van der Waals surface area contributed by atoms with Crippen LogP contribution in [0.5, 0.6) is 5.75 Å². The Morgan fingerprint density at radius 3 is 2.89 bits per heavy atom. The third kappa shape index (κ3) is 2.49. The fraction of sp³-hybridized carbons (Fsp3) is 0.308. The first-order chi connectivity index (χ1) is 8.65. The van der Waals surface area contributed by atoms with Crippen LogP contribution >= 0.6 is 11.6 Å². The minimum Gasteiger partial charge on any atom is -0.496 e. The highest BCUT2D eigenvalue weighted by atomic mass is 35.5. The summed E-state index contributed by atoms with van der Waals surface area (Å²) in [4.78, 5) is 0. The Kier molecular flexibility index (Phi) is 3.89. The minimum absolute atomic E-state index is 0.563. The van der Waals surface area contributed by atoms with Crippen LogP contribution in [0.25, 0.3) is 0 Å². The summed E-state index contributed by atoms with van der Waals surface area (Å²) in [6, 6.07) is 5.17. The molecule has 1 unspecified atom stereocenters. The number of rotatable bonds is 4. The number of aliphatic hydroxyl groups excluding tert-OH is 1. The average Bonchev–Trinajstić information content (AvgIpc) is 2.86. The molecule has 0 saturated heterocycles. The zero-order valence-electron chi connectivity index (χ0n) is 10.3. The molecule has 0 spiro atoms. The van der Waals surface area contributed by atoms with Crippen molar-refractivity contribution in [3.05, 3.63) is 46.7 Å². The quantitative estimate of drug-likeness (QED) is 0.925. The summed E-state index contributed by atoms with van der Waals surface area (Å²) >= 11 is 5.95. The van der Waals surface area contributed by atoms with Gasteiger partial charge >= 0.3 is 0 Å². The number of halogens is 1. The lowest BCUT2D eigenvalue weighted by molar-refractivity contribution is 0.214. The van der Waals surface area contributed by atoms with Gasteiger partial charge in [0.05, 0.1) is 13.3 Å². The predicted molar refractivity (Wildman–Crippen MR) is 70.0 cm³/mol. The maximum absolute atomic E-state index is 10.3. The molecule has 5 heteroatoms. The van der Waals surface area contributed by atoms with Gasteiger partial charge in [0.15, 0.2) is 0 Å². The van der Waals surface area contributed by atoms with E-state index in [4.69, 9.17) is 16.3 Å². The molecule has 0 bridgehead atoms. The van der Waals surface area contributed by atoms with E-state index in [0.717, 1.165) is 12.1 Å². The number of aryl methyl sites for hydroxylation is 1. The number of ether oxygens (including phenoxy) is 1. The summed E-state index contributed by atoms with van der Waals surface area (Å²) in [5.74, 6) is 0.608. The van der Waals surface area contributed by atoms with Gasteiger partial charge < -0.3 is 9.84 Å². The summed E-state index contributed by atoms with van der Waals surface area (Å²) < 4.78 is 6.99. The Morgan fingerprint density at radius 1 is 1.50 bits per heavy atom. The van der Waals surface area contributed by atoms with Crippen molar-refractivity contribution in [1.29, 1.82) is 0 Å². The number of benzene rings is 1. The Balaban J connectivity index is 2.38. The van der Waals surface area contributed by atoms with Gasteiger partial charge in [-0.2, -0.15) is 5.10 Å². The van der Waals surface area contributed by atoms with E-state index in [0.29, 0.717) is 16.3 Å². The lowest BCUT2D eigenvalue weighted by Crippen LogP contribution is -2.02. The average molecular weight is 267 g/mol. The van der Waals surface area contributed by atoms with Crippen LogP contribution in [0, 0.1) is 0 Å². The van der Waals surface area contributed by atoms with Crippen LogP contribution in [0.2, 0.25) is 5.02 Å². The molecule has 0 aliphatic heterocycles. The van der Waals surface area contributed by atoms with Crippen molar-refractivity contribution in [1.82, 2.24) is 9.78 Å². The minimum atomic E-state index is -0.793. The molecule has 96 valence electrons. The molecule has 1 N–H and O–H groups in total. The van der Waals surface area contributed by atoms with Gasteiger partial charge in [0.2, 0.25) is 0 Å². The molecule has 1 aromatic heterocycles. The molecule has 1 atom stereocenters. The fourth-order valence-corrected chi connectivity index (χ4v) is 1.97. The molecule has 0 aliphatic carbocycles. The Bertz CT molecular complexity index is 540. The first kappa shape index (κ1) is 12.9. The van der Waals surface area contributed by atoms with E-state index in [1.165, 1.54) is 0 Å². The number of nitrogens with zero attached hydrogens (tertiary/aromatic N) is 2. The van der Waals surface area contributed by atoms with Gasteiger partial charge in [0.25, 0.3) is 0 Å². The summed E-state index contributed by atoms with van der Waals surface area (Å²) in [5.41, 5.74) is 1.36. The smallest absolute Gasteiger partial charge is 0.125 e. The Labute approximate surface area is 111 Å². The third-order valence-electron chi connectivity index (χ3n) is 2.78. The Morgan fingerprint density at radius 2 is 2.28 bits per heavy atom. The number of hydrogen-bond donors (Lipinski definition) is 1. The van der Waals surface area contributed by atoms with E-state index in [2.05, 4.69) is 5.10 Å². The van der Waals surface area contributed by atoms with Crippen LogP contribution in [0.3, 0.4) is 0 Å². The number of aromatic nitrogens is 2. The monoisotopic (exact) mass is 266 g/mol. The van der Waals surface area contributed by atoms with Crippen molar-refractivity contribution in [2.75, 3.05) is 7.11 Å². The van der Waals surface area contributed by atoms with Gasteiger partial charge in [0.1, 0.15) is 11.9 Å². The summed E-state index contributed by atoms with van der Waals surface area (Å²) in [6.45, 7) is 2.75. The topological polar surface area (TPSA) is 47.3 Å². The van der Waals surface area contributed by atoms with E-state index in [-0.39, 0.29) is 0 Å². The number of hydrogen-bond acceptors (Lipinski definition) is 3. The number of aliphatic hydroxyl groups is 1. The van der Waals surface area contributed by atoms with Crippen molar-refractivity contribution in [3.63, 3.8) is 0 Å². The summed E-state index contributed by atoms with van der Waals surface area (Å²) in [5, 5.41) is 15.0. The molecule has 1 heterocycles. The molecule has 2 aromatic rings. The molecule has 0 radical (unpaired) electrons. The molecule has 0 saturated carbocycles. The van der Waals surface area contributed by atoms with E-state index in [1.54, 1.807) is 36.2 Å². The second-order valence-electron chi connectivity index (χ2n) is 3.92. The molecule has 1 aromatic carbocycles. The molecule has 0 fully saturated rings. The zero-order valence-corrected chi connectivity index (χ0v) is 11.1. The van der Waals surface area contributed by atoms with Crippen molar-refractivity contribution < 1.29 is 9.84 Å². The molecular weight excluding hydrogens is 252 g/mol. The van der Waals surface area contributed by atoms with Crippen LogP contribution in [0.1, 0.15) is 24.2 Å². The molecular formula is C13H15ClN2O2. The molecule has 2 rings (SSSR count). The largest absolute Gasteiger partial charge is 0.496 e. The number of methoxy groups -OCH3 is 1. The zero-order chi connectivity index (χ0) is 13.1. The van der Waals surface area contributed by atoms with Crippen LogP contribution in [0.4, 0.5) is 0 Å². The van der Waals surface area contributed by atoms with Crippen molar-refractivity contribution in [3.8, 4) is 5.75 Å². The highest BCUT2D eigenvalue weighted by Crippen LogP contribution is 2.31. The molecule has 18 heavy (non-hydrogen) atoms. The van der Waals surface area contributed by atoms with Gasteiger partial charge in [-0.15, -0.1) is 0 Å². The van der Waals surface area contributed by atoms with Gasteiger partial charge in [-0.25, -0.2) is 0 Å². The molecule has 0 aliphatic rings. The summed E-state index contributed by atoms with van der Waals surface area (Å²) in [7, 11) is 1.56. The predicted octanol–water partition coefficient (Wildman–Crippen LogP) is 2.65. The first-order valence-corrected chi connectivity index (χ1v) is 6.07. The van der Waals surface area contributed by atoms with Crippen LogP contribution < -0.4 is 4.74 Å². The maximum atomic E-state index is 10.3. The standard InChI is InChI=1S/C13H15ClN2O2/c1-3-16-8-9(7-15-16)13(17)11-6-10(14)4-5-12(11)18-2/h4-8,13,17H,3H2,1-2H3. The van der Waals surface area contributed by atoms with E-state index < -0.39 is 6.10 Å². The second kappa shape index (κ2) is 5.42. The lowest BCUT2D eigenvalue weighted by atomic mass is 10.0. The van der Waals surface area contributed by atoms with Gasteiger partial charge in [0, 0.05) is 28.9 Å². The molecule has 4 nitrogen and oxygen atoms in total. The van der Waals surface area contributed by atoms with Gasteiger partial charge in [-0.3, -0.25) is 4.68 Å².